The molecular weight excluding hydrogens is 298 g/mol. The molecule has 2 aromatic heterocycles. The van der Waals surface area contributed by atoms with E-state index in [9.17, 15) is 0 Å². The molecule has 0 fully saturated rings. The highest BCUT2D eigenvalue weighted by molar-refractivity contribution is 7.98. The van der Waals surface area contributed by atoms with E-state index in [4.69, 9.17) is 26.2 Å². The Bertz CT molecular complexity index is 712. The number of nitrogen functional groups attached to an aromatic ring is 1. The smallest absolute Gasteiger partial charge is 0.283 e. The van der Waals surface area contributed by atoms with Crippen LogP contribution in [0.15, 0.2) is 50.3 Å². The van der Waals surface area contributed by atoms with Crippen molar-refractivity contribution in [2.24, 2.45) is 0 Å². The van der Waals surface area contributed by atoms with Crippen LogP contribution in [0.3, 0.4) is 0 Å². The van der Waals surface area contributed by atoms with Crippen LogP contribution in [0.25, 0.3) is 11.7 Å². The van der Waals surface area contributed by atoms with Crippen molar-refractivity contribution in [2.75, 3.05) is 5.73 Å². The Balaban J connectivity index is 1.68. The summed E-state index contributed by atoms with van der Waals surface area (Å²) < 4.78 is 10.7. The molecule has 1 aromatic carbocycles. The first-order valence-corrected chi connectivity index (χ1v) is 7.13. The van der Waals surface area contributed by atoms with Crippen LogP contribution in [-0.4, -0.2) is 10.2 Å². The van der Waals surface area contributed by atoms with Gasteiger partial charge in [0.05, 0.1) is 22.7 Å². The molecular formula is C13H10ClN3O2S. The summed E-state index contributed by atoms with van der Waals surface area (Å²) in [6.07, 6.45) is 1.56. The maximum Gasteiger partial charge on any atom is 0.283 e. The lowest BCUT2D eigenvalue weighted by molar-refractivity contribution is 0.494. The van der Waals surface area contributed by atoms with Gasteiger partial charge in [0.1, 0.15) is 0 Å². The van der Waals surface area contributed by atoms with E-state index in [2.05, 4.69) is 10.2 Å². The Labute approximate surface area is 124 Å². The van der Waals surface area contributed by atoms with Crippen LogP contribution < -0.4 is 5.73 Å². The van der Waals surface area contributed by atoms with E-state index >= 15 is 0 Å². The molecule has 3 rings (SSSR count). The van der Waals surface area contributed by atoms with Gasteiger partial charge in [-0.05, 0) is 30.3 Å². The van der Waals surface area contributed by atoms with Crippen molar-refractivity contribution in [3.05, 3.63) is 47.5 Å². The minimum Gasteiger partial charge on any atom is -0.459 e. The molecule has 2 N–H and O–H groups in total. The van der Waals surface area contributed by atoms with Crippen molar-refractivity contribution < 1.29 is 8.83 Å². The van der Waals surface area contributed by atoms with Crippen molar-refractivity contribution in [1.29, 1.82) is 0 Å². The number of halogens is 1. The van der Waals surface area contributed by atoms with Crippen molar-refractivity contribution in [3.8, 4) is 11.7 Å². The van der Waals surface area contributed by atoms with Crippen molar-refractivity contribution >= 4 is 29.1 Å². The van der Waals surface area contributed by atoms with Gasteiger partial charge < -0.3 is 14.6 Å². The fourth-order valence-electron chi connectivity index (χ4n) is 1.55. The summed E-state index contributed by atoms with van der Waals surface area (Å²) >= 11 is 7.51. The quantitative estimate of drug-likeness (QED) is 0.582. The summed E-state index contributed by atoms with van der Waals surface area (Å²) in [6, 6.07) is 9.02. The Morgan fingerprint density at radius 3 is 2.90 bits per heavy atom. The predicted molar refractivity (Wildman–Crippen MR) is 77.4 cm³/mol. The van der Waals surface area contributed by atoms with Crippen LogP contribution in [0, 0.1) is 0 Å². The molecule has 0 amide bonds. The van der Waals surface area contributed by atoms with Crippen molar-refractivity contribution in [2.45, 2.75) is 10.6 Å². The first-order valence-electron chi connectivity index (χ1n) is 5.76. The molecule has 0 bridgehead atoms. The van der Waals surface area contributed by atoms with E-state index in [-0.39, 0.29) is 0 Å². The standard InChI is InChI=1S/C13H10ClN3O2S/c14-9-6-8(3-4-10(9)15)20-7-12-16-17-13(19-12)11-2-1-5-18-11/h1-6H,7,15H2. The molecule has 0 saturated heterocycles. The second kappa shape index (κ2) is 5.60. The van der Waals surface area contributed by atoms with Gasteiger partial charge in [0, 0.05) is 4.90 Å². The highest BCUT2D eigenvalue weighted by atomic mass is 35.5. The number of aromatic nitrogens is 2. The topological polar surface area (TPSA) is 78.1 Å². The Morgan fingerprint density at radius 2 is 2.15 bits per heavy atom. The average molecular weight is 308 g/mol. The van der Waals surface area contributed by atoms with E-state index in [1.165, 1.54) is 0 Å². The molecule has 0 saturated carbocycles. The number of hydrogen-bond donors (Lipinski definition) is 1. The second-order valence-corrected chi connectivity index (χ2v) is 5.41. The van der Waals surface area contributed by atoms with E-state index in [0.717, 1.165) is 4.90 Å². The highest BCUT2D eigenvalue weighted by Gasteiger charge is 2.11. The van der Waals surface area contributed by atoms with Crippen LogP contribution in [-0.2, 0) is 5.75 Å². The summed E-state index contributed by atoms with van der Waals surface area (Å²) in [7, 11) is 0. The zero-order chi connectivity index (χ0) is 13.9. The summed E-state index contributed by atoms with van der Waals surface area (Å²) in [4.78, 5) is 0.988. The van der Waals surface area contributed by atoms with Crippen LogP contribution in [0.1, 0.15) is 5.89 Å². The minimum atomic E-state index is 0.376. The monoisotopic (exact) mass is 307 g/mol. The molecule has 3 aromatic rings. The molecule has 2 heterocycles. The molecule has 0 atom stereocenters. The SMILES string of the molecule is Nc1ccc(SCc2nnc(-c3ccco3)o2)cc1Cl. The normalized spacial score (nSPS) is 10.8. The molecule has 102 valence electrons. The zero-order valence-electron chi connectivity index (χ0n) is 10.2. The van der Waals surface area contributed by atoms with Gasteiger partial charge in [-0.2, -0.15) is 0 Å². The average Bonchev–Trinajstić information content (AvgIpc) is 3.09. The van der Waals surface area contributed by atoms with Gasteiger partial charge in [-0.3, -0.25) is 0 Å². The summed E-state index contributed by atoms with van der Waals surface area (Å²) in [5, 5.41) is 8.44. The third-order valence-electron chi connectivity index (χ3n) is 2.53. The number of benzene rings is 1. The highest BCUT2D eigenvalue weighted by Crippen LogP contribution is 2.29. The molecule has 0 aliphatic rings. The third kappa shape index (κ3) is 2.81. The third-order valence-corrected chi connectivity index (χ3v) is 3.84. The van der Waals surface area contributed by atoms with Crippen molar-refractivity contribution in [1.82, 2.24) is 10.2 Å². The largest absolute Gasteiger partial charge is 0.459 e. The lowest BCUT2D eigenvalue weighted by Crippen LogP contribution is -1.86. The number of hydrogen-bond acceptors (Lipinski definition) is 6. The van der Waals surface area contributed by atoms with E-state index in [1.807, 2.05) is 12.1 Å². The van der Waals surface area contributed by atoms with Gasteiger partial charge in [0.2, 0.25) is 5.89 Å². The Hall–Kier alpha value is -1.92. The van der Waals surface area contributed by atoms with Gasteiger partial charge >= 0.3 is 0 Å². The Morgan fingerprint density at radius 1 is 1.25 bits per heavy atom. The van der Waals surface area contributed by atoms with E-state index in [1.54, 1.807) is 36.2 Å². The number of nitrogens with two attached hydrogens (primary N) is 1. The molecule has 0 aliphatic carbocycles. The molecule has 7 heteroatoms. The first-order chi connectivity index (χ1) is 9.72. The van der Waals surface area contributed by atoms with Gasteiger partial charge in [0.15, 0.2) is 5.76 Å². The van der Waals surface area contributed by atoms with Gasteiger partial charge in [0.25, 0.3) is 5.89 Å². The van der Waals surface area contributed by atoms with Crippen LogP contribution in [0.2, 0.25) is 5.02 Å². The number of anilines is 1. The van der Waals surface area contributed by atoms with E-state index < -0.39 is 0 Å². The first kappa shape index (κ1) is 13.1. The number of rotatable bonds is 4. The maximum absolute atomic E-state index is 5.97. The minimum absolute atomic E-state index is 0.376. The Kier molecular flexibility index (Phi) is 3.66. The number of thioether (sulfide) groups is 1. The van der Waals surface area contributed by atoms with Gasteiger partial charge in [-0.15, -0.1) is 22.0 Å². The predicted octanol–water partition coefficient (Wildman–Crippen LogP) is 3.86. The number of furan rings is 1. The molecule has 0 unspecified atom stereocenters. The molecule has 0 spiro atoms. The molecule has 5 nitrogen and oxygen atoms in total. The maximum atomic E-state index is 5.97. The van der Waals surface area contributed by atoms with Gasteiger partial charge in [-0.25, -0.2) is 0 Å². The summed E-state index contributed by atoms with van der Waals surface area (Å²) in [5.41, 5.74) is 6.22. The fraction of sp³-hybridized carbons (Fsp3) is 0.0769. The second-order valence-electron chi connectivity index (χ2n) is 3.95. The van der Waals surface area contributed by atoms with Crippen LogP contribution in [0.5, 0.6) is 0 Å². The fourth-order valence-corrected chi connectivity index (χ4v) is 2.57. The van der Waals surface area contributed by atoms with Crippen LogP contribution in [0.4, 0.5) is 5.69 Å². The number of nitrogens with zero attached hydrogens (tertiary/aromatic N) is 2. The molecule has 20 heavy (non-hydrogen) atoms. The van der Waals surface area contributed by atoms with E-state index in [0.29, 0.717) is 34.0 Å². The van der Waals surface area contributed by atoms with Crippen molar-refractivity contribution in [3.63, 3.8) is 0 Å². The summed E-state index contributed by atoms with van der Waals surface area (Å²) in [5.74, 6) is 2.01. The lowest BCUT2D eigenvalue weighted by atomic mass is 10.3. The zero-order valence-corrected chi connectivity index (χ0v) is 11.8. The van der Waals surface area contributed by atoms with Gasteiger partial charge in [-0.1, -0.05) is 11.6 Å². The summed E-state index contributed by atoms with van der Waals surface area (Å²) in [6.45, 7) is 0. The van der Waals surface area contributed by atoms with Crippen LogP contribution >= 0.6 is 23.4 Å². The molecule has 0 aliphatic heterocycles. The lowest BCUT2D eigenvalue weighted by Gasteiger charge is -2.01. The molecule has 0 radical (unpaired) electrons.